The summed E-state index contributed by atoms with van der Waals surface area (Å²) in [6.45, 7) is 29.4. The molecule has 2 aliphatic rings. The van der Waals surface area contributed by atoms with E-state index in [1.165, 1.54) is 0 Å². The maximum atomic E-state index is 4.43. The second kappa shape index (κ2) is 10.6. The van der Waals surface area contributed by atoms with Gasteiger partial charge in [0, 0.05) is 0 Å². The zero-order valence-corrected chi connectivity index (χ0v) is 27.5. The molecule has 0 spiro atoms. The Hall–Kier alpha value is -3.16. The number of rotatable bonds is 0. The zero-order valence-electron chi connectivity index (χ0n) is 26.6. The molecule has 225 valence electrons. The normalized spacial score (nSPS) is 14.5. The number of nitrogens with one attached hydrogen (secondary N) is 2. The number of aromatic nitrogens is 8. The molecule has 5 heterocycles. The van der Waals surface area contributed by atoms with Crippen LogP contribution in [0.15, 0.2) is 24.3 Å². The first-order valence-corrected chi connectivity index (χ1v) is 15.8. The van der Waals surface area contributed by atoms with Crippen LogP contribution in [0.2, 0.25) is 17.3 Å². The van der Waals surface area contributed by atoms with Gasteiger partial charge in [-0.1, -0.05) is 0 Å². The number of H-pyrrole nitrogens is 2. The van der Waals surface area contributed by atoms with Crippen molar-refractivity contribution >= 4 is 46.9 Å². The number of nitrogens with zero attached hydrogens (tertiary/aromatic N) is 6. The molecule has 41 heavy (non-hydrogen) atoms. The van der Waals surface area contributed by atoms with Gasteiger partial charge in [0.1, 0.15) is 22.6 Å². The molecule has 0 saturated carbocycles. The molecule has 0 saturated heterocycles. The van der Waals surface area contributed by atoms with Gasteiger partial charge in [-0.25, -0.2) is 29.9 Å². The van der Waals surface area contributed by atoms with Gasteiger partial charge in [0.25, 0.3) is 0 Å². The molecule has 0 fully saturated rings. The Morgan fingerprint density at radius 2 is 0.610 bits per heavy atom. The fourth-order valence-corrected chi connectivity index (χ4v) is 19.2. The minimum atomic E-state index is -0.792. The molecule has 3 aromatic heterocycles. The van der Waals surface area contributed by atoms with E-state index in [-0.39, 0.29) is 0 Å². The first-order valence-electron chi connectivity index (χ1n) is 13.9. The molecule has 0 aromatic carbocycles. The van der Waals surface area contributed by atoms with Crippen LogP contribution in [-0.2, 0) is 12.8 Å². The van der Waals surface area contributed by atoms with E-state index in [1.54, 1.807) is 0 Å². The van der Waals surface area contributed by atoms with Crippen LogP contribution in [0.5, 0.6) is 0 Å². The number of aromatic amines is 2. The summed E-state index contributed by atoms with van der Waals surface area (Å²) in [5.74, 6) is 2.33. The second-order valence-electron chi connectivity index (χ2n) is 13.5. The van der Waals surface area contributed by atoms with E-state index >= 15 is 0 Å². The van der Waals surface area contributed by atoms with E-state index in [0.717, 1.165) is 0 Å². The van der Waals surface area contributed by atoms with E-state index in [4.69, 9.17) is 0 Å². The summed E-state index contributed by atoms with van der Waals surface area (Å²) in [4.78, 5) is 32.7. The monoisotopic (exact) mass is 605 g/mol. The first-order chi connectivity index (χ1) is 18.8. The molecule has 5 rings (SSSR count). The Kier molecular flexibility index (Phi) is 7.95. The van der Waals surface area contributed by atoms with Crippen molar-refractivity contribution in [3.05, 3.63) is 47.6 Å². The van der Waals surface area contributed by atoms with Gasteiger partial charge in [-0.15, -0.1) is 0 Å². The predicted molar refractivity (Wildman–Crippen MR) is 169 cm³/mol. The molecule has 0 aliphatic carbocycles. The molecular weight excluding hydrogens is 560 g/mol. The van der Waals surface area contributed by atoms with Crippen LogP contribution in [-0.4, -0.2) is 39.9 Å². The number of fused-ring (bicyclic) bond motifs is 8. The van der Waals surface area contributed by atoms with E-state index in [2.05, 4.69) is 123 Å². The third kappa shape index (κ3) is 6.21. The van der Waals surface area contributed by atoms with Gasteiger partial charge < -0.3 is 9.97 Å². The number of hydrogen-bond donors (Lipinski definition) is 2. The van der Waals surface area contributed by atoms with E-state index in [0.29, 0.717) is 63.1 Å². The van der Waals surface area contributed by atoms with E-state index in [1.807, 2.05) is 48.6 Å². The van der Waals surface area contributed by atoms with Gasteiger partial charge in [0.15, 0.2) is 23.3 Å². The first kappa shape index (κ1) is 30.8. The van der Waals surface area contributed by atoms with Crippen molar-refractivity contribution in [2.45, 2.75) is 100 Å². The summed E-state index contributed by atoms with van der Waals surface area (Å²) in [6.07, 6.45) is 7.25. The maximum absolute atomic E-state index is 4.43. The summed E-state index contributed by atoms with van der Waals surface area (Å²) >= 11 is -0.792. The van der Waals surface area contributed by atoms with Crippen LogP contribution in [0.25, 0.3) is 46.9 Å². The van der Waals surface area contributed by atoms with Crippen LogP contribution in [0.4, 0.5) is 0 Å². The minimum absolute atomic E-state index is 0.344. The third-order valence-corrected chi connectivity index (χ3v) is 14.7. The standard InChI is InChI=1S/C16H10N8.4C4H9.Cu/c1-2-10-17-9(1)21-11-3-4-13(18-11)23-15-7-8-16(20-15)24-14-6-5-12(19-14)22-10;4*1-4(2)3;/h1-8H,(H2,17,18,19,20,21,22,23,24);4*1-3H3;. The van der Waals surface area contributed by atoms with Crippen molar-refractivity contribution in [3.8, 4) is 0 Å². The topological polar surface area (TPSA) is 109 Å². The average molecular weight is 606 g/mol. The summed E-state index contributed by atoms with van der Waals surface area (Å²) in [5.41, 5.74) is 2.68. The molecule has 8 bridgehead atoms. The summed E-state index contributed by atoms with van der Waals surface area (Å²) < 4.78 is 1.38. The molecule has 2 N–H and O–H groups in total. The van der Waals surface area contributed by atoms with Gasteiger partial charge in [0.2, 0.25) is 0 Å². The molecule has 0 amide bonds. The van der Waals surface area contributed by atoms with Crippen LogP contribution in [0.1, 0.15) is 106 Å². The zero-order chi connectivity index (χ0) is 30.4. The average Bonchev–Trinajstić information content (AvgIpc) is 3.56. The van der Waals surface area contributed by atoms with Gasteiger partial charge >= 0.3 is 113 Å². The summed E-state index contributed by atoms with van der Waals surface area (Å²) in [7, 11) is 0. The molecule has 2 aliphatic heterocycles. The molecule has 0 atom stereocenters. The Labute approximate surface area is 246 Å². The van der Waals surface area contributed by atoms with Crippen molar-refractivity contribution < 1.29 is 12.8 Å². The number of hydrogen-bond acceptors (Lipinski definition) is 6. The Balaban J connectivity index is 0.000000204. The fourth-order valence-electron chi connectivity index (χ4n) is 6.50. The van der Waals surface area contributed by atoms with Crippen molar-refractivity contribution in [2.75, 3.05) is 0 Å². The fraction of sp³-hybridized carbons (Fsp3) is 0.500. The van der Waals surface area contributed by atoms with Gasteiger partial charge in [-0.05, 0) is 48.6 Å². The predicted octanol–water partition coefficient (Wildman–Crippen LogP) is 9.25. The summed E-state index contributed by atoms with van der Waals surface area (Å²) in [5, 5.41) is 0. The SMILES string of the molecule is C1=Cc2nc1nc1ccc(nc3nc(nc4ccc(n2)[nH]4)C=C3)[nH]1.C[C](C)(C)[Cu]([C](C)(C)C)([C](C)(C)C)[C](C)(C)C. The van der Waals surface area contributed by atoms with Gasteiger partial charge in [0.05, 0.1) is 0 Å². The van der Waals surface area contributed by atoms with Crippen LogP contribution in [0, 0.1) is 0 Å². The molecular formula is C32H46CuN8. The van der Waals surface area contributed by atoms with Crippen LogP contribution < -0.4 is 0 Å². The summed E-state index contributed by atoms with van der Waals surface area (Å²) in [6, 6.07) is 7.36. The van der Waals surface area contributed by atoms with Crippen molar-refractivity contribution in [2.24, 2.45) is 0 Å². The Bertz CT molecular complexity index is 1390. The van der Waals surface area contributed by atoms with Crippen LogP contribution >= 0.6 is 0 Å². The van der Waals surface area contributed by atoms with Gasteiger partial charge in [-0.2, -0.15) is 0 Å². The van der Waals surface area contributed by atoms with Crippen molar-refractivity contribution in [1.82, 2.24) is 39.9 Å². The second-order valence-corrected chi connectivity index (χ2v) is 20.6. The molecule has 0 radical (unpaired) electrons. The molecule has 3 aromatic rings. The molecule has 9 heteroatoms. The van der Waals surface area contributed by atoms with Crippen LogP contribution in [0.3, 0.4) is 0 Å². The quantitative estimate of drug-likeness (QED) is 0.170. The molecule has 8 nitrogen and oxygen atoms in total. The van der Waals surface area contributed by atoms with Crippen molar-refractivity contribution in [1.29, 1.82) is 0 Å². The van der Waals surface area contributed by atoms with Gasteiger partial charge in [-0.3, -0.25) is 0 Å². The van der Waals surface area contributed by atoms with E-state index < -0.39 is 12.8 Å². The molecule has 0 unspecified atom stereocenters. The third-order valence-electron chi connectivity index (χ3n) is 6.19. The Morgan fingerprint density at radius 1 is 0.390 bits per heavy atom. The van der Waals surface area contributed by atoms with E-state index in [9.17, 15) is 0 Å². The van der Waals surface area contributed by atoms with Crippen molar-refractivity contribution in [3.63, 3.8) is 0 Å². The Morgan fingerprint density at radius 3 is 0.780 bits per heavy atom.